The Labute approximate surface area is 540 Å². The molecule has 0 heterocycles. The van der Waals surface area contributed by atoms with Gasteiger partial charge in [-0.3, -0.25) is 4.79 Å². The van der Waals surface area contributed by atoms with Crippen LogP contribution in [0, 0.1) is 0 Å². The normalized spacial score (nSPS) is 13.3. The lowest BCUT2D eigenvalue weighted by Crippen LogP contribution is -2.53. The van der Waals surface area contributed by atoms with Crippen LogP contribution in [0.1, 0.15) is 463 Å². The summed E-state index contributed by atoms with van der Waals surface area (Å²) in [5, 5.41) is 44.3. The minimum Gasteiger partial charge on any atom is -0.394 e. The summed E-state index contributed by atoms with van der Waals surface area (Å²) in [6.45, 7) is 4.12. The molecule has 6 nitrogen and oxygen atoms in total. The maximum atomic E-state index is 12.7. The fourth-order valence-electron chi connectivity index (χ4n) is 13.3. The first-order valence-electron chi connectivity index (χ1n) is 40.1. The van der Waals surface area contributed by atoms with Gasteiger partial charge in [-0.25, -0.2) is 0 Å². The van der Waals surface area contributed by atoms with Crippen LogP contribution in [0.3, 0.4) is 0 Å². The van der Waals surface area contributed by atoms with Crippen molar-refractivity contribution >= 4 is 5.91 Å². The van der Waals surface area contributed by atoms with Gasteiger partial charge >= 0.3 is 0 Å². The van der Waals surface area contributed by atoms with E-state index in [1.807, 2.05) is 0 Å². The minimum atomic E-state index is -1.28. The van der Waals surface area contributed by atoms with Crippen LogP contribution in [0.15, 0.2) is 12.2 Å². The first kappa shape index (κ1) is 85.0. The van der Waals surface area contributed by atoms with Crippen molar-refractivity contribution in [3.05, 3.63) is 12.2 Å². The molecule has 5 N–H and O–H groups in total. The standard InChI is InChI=1S/C80H159NO5/c1-3-5-7-9-11-13-15-17-19-21-23-25-27-29-31-33-35-37-38-39-40-41-42-44-46-48-50-52-54-56-58-60-62-64-66-68-70-72-74-78(84)80(86)81-76(75-82)79(85)77(83)73-71-69-67-65-63-61-59-57-55-53-51-49-47-45-43-36-34-32-30-28-26-24-22-20-18-16-14-12-10-8-6-4-2/h65,67,76-79,82-85H,3-64,66,68-75H2,1-2H3,(H,81,86)/b67-65+. The van der Waals surface area contributed by atoms with Gasteiger partial charge in [0.15, 0.2) is 0 Å². The SMILES string of the molecule is CCCCCCCCCCCCCCCCCCCCCCCCCCCCC/C=C/CCCC(O)C(O)C(CO)NC(=O)C(O)CCCCCCCCCCCCCCCCCCCCCCCCCCCCCCCCCCCCCCCC. The minimum absolute atomic E-state index is 0.369. The van der Waals surface area contributed by atoms with Gasteiger partial charge in [-0.2, -0.15) is 0 Å². The van der Waals surface area contributed by atoms with Crippen LogP contribution in [-0.2, 0) is 4.79 Å². The van der Waals surface area contributed by atoms with Crippen molar-refractivity contribution in [3.63, 3.8) is 0 Å². The van der Waals surface area contributed by atoms with Crippen molar-refractivity contribution in [2.24, 2.45) is 0 Å². The van der Waals surface area contributed by atoms with E-state index >= 15 is 0 Å². The van der Waals surface area contributed by atoms with E-state index in [1.165, 1.54) is 398 Å². The molecule has 0 spiro atoms. The fourth-order valence-corrected chi connectivity index (χ4v) is 13.3. The Morgan fingerprint density at radius 1 is 0.279 bits per heavy atom. The highest BCUT2D eigenvalue weighted by atomic mass is 16.3. The second-order valence-electron chi connectivity index (χ2n) is 28.1. The number of hydrogen-bond acceptors (Lipinski definition) is 5. The average molecular weight is 1220 g/mol. The molecule has 0 aliphatic rings. The number of hydrogen-bond donors (Lipinski definition) is 5. The zero-order valence-electron chi connectivity index (χ0n) is 58.9. The quantitative estimate of drug-likeness (QED) is 0.0308. The van der Waals surface area contributed by atoms with Crippen molar-refractivity contribution < 1.29 is 25.2 Å². The molecule has 0 saturated heterocycles. The van der Waals surface area contributed by atoms with Gasteiger partial charge in [0.1, 0.15) is 12.2 Å². The molecule has 6 heteroatoms. The zero-order valence-corrected chi connectivity index (χ0v) is 58.9. The van der Waals surface area contributed by atoms with Gasteiger partial charge < -0.3 is 25.7 Å². The molecule has 0 radical (unpaired) electrons. The van der Waals surface area contributed by atoms with Gasteiger partial charge in [0.25, 0.3) is 0 Å². The Morgan fingerprint density at radius 3 is 0.698 bits per heavy atom. The molecule has 4 atom stereocenters. The molecule has 0 aromatic carbocycles. The highest BCUT2D eigenvalue weighted by Crippen LogP contribution is 2.21. The van der Waals surface area contributed by atoms with E-state index in [4.69, 9.17) is 0 Å². The Kier molecular flexibility index (Phi) is 73.9. The van der Waals surface area contributed by atoms with Crippen LogP contribution in [-0.4, -0.2) is 57.3 Å². The van der Waals surface area contributed by atoms with E-state index in [-0.39, 0.29) is 0 Å². The molecule has 0 aliphatic carbocycles. The van der Waals surface area contributed by atoms with Crippen LogP contribution in [0.2, 0.25) is 0 Å². The number of rotatable bonds is 76. The molecule has 0 bridgehead atoms. The number of unbranched alkanes of at least 4 members (excludes halogenated alkanes) is 65. The number of carbonyl (C=O) groups is 1. The lowest BCUT2D eigenvalue weighted by molar-refractivity contribution is -0.132. The molecule has 4 unspecified atom stereocenters. The number of allylic oxidation sites excluding steroid dienone is 2. The van der Waals surface area contributed by atoms with Gasteiger partial charge in [0, 0.05) is 0 Å². The van der Waals surface area contributed by atoms with E-state index in [0.717, 1.165) is 38.5 Å². The Morgan fingerprint density at radius 2 is 0.477 bits per heavy atom. The summed E-state index contributed by atoms with van der Waals surface area (Å²) in [7, 11) is 0. The van der Waals surface area contributed by atoms with E-state index in [9.17, 15) is 25.2 Å². The Hall–Kier alpha value is -0.950. The first-order chi connectivity index (χ1) is 42.5. The molecule has 0 aliphatic heterocycles. The van der Waals surface area contributed by atoms with Crippen LogP contribution in [0.5, 0.6) is 0 Å². The summed E-state index contributed by atoms with van der Waals surface area (Å²) in [5.41, 5.74) is 0. The monoisotopic (exact) mass is 1210 g/mol. The van der Waals surface area contributed by atoms with Gasteiger partial charge in [0.2, 0.25) is 5.91 Å². The van der Waals surface area contributed by atoms with Gasteiger partial charge in [-0.15, -0.1) is 0 Å². The van der Waals surface area contributed by atoms with E-state index in [1.54, 1.807) is 0 Å². The van der Waals surface area contributed by atoms with Crippen LogP contribution in [0.25, 0.3) is 0 Å². The second-order valence-corrected chi connectivity index (χ2v) is 28.1. The number of carbonyl (C=O) groups excluding carboxylic acids is 1. The molecule has 0 fully saturated rings. The lowest BCUT2D eigenvalue weighted by atomic mass is 10.00. The maximum Gasteiger partial charge on any atom is 0.249 e. The maximum absolute atomic E-state index is 12.7. The van der Waals surface area contributed by atoms with Crippen LogP contribution >= 0.6 is 0 Å². The third-order valence-electron chi connectivity index (χ3n) is 19.5. The lowest BCUT2D eigenvalue weighted by Gasteiger charge is -2.27. The van der Waals surface area contributed by atoms with Crippen molar-refractivity contribution in [2.45, 2.75) is 488 Å². The first-order valence-corrected chi connectivity index (χ1v) is 40.1. The van der Waals surface area contributed by atoms with Gasteiger partial charge in [0.05, 0.1) is 18.8 Å². The summed E-state index contributed by atoms with van der Waals surface area (Å²) in [6, 6.07) is -1.00. The van der Waals surface area contributed by atoms with Gasteiger partial charge in [-0.05, 0) is 38.5 Å². The number of amides is 1. The average Bonchev–Trinajstić information content (AvgIpc) is 3.72. The van der Waals surface area contributed by atoms with Crippen molar-refractivity contribution in [1.29, 1.82) is 0 Å². The molecule has 0 aromatic rings. The molecule has 0 saturated carbocycles. The number of aliphatic hydroxyl groups excluding tert-OH is 4. The highest BCUT2D eigenvalue weighted by Gasteiger charge is 2.28. The third kappa shape index (κ3) is 67.4. The van der Waals surface area contributed by atoms with E-state index in [2.05, 4.69) is 31.3 Å². The number of nitrogens with one attached hydrogen (secondary N) is 1. The summed E-state index contributed by atoms with van der Waals surface area (Å²) in [4.78, 5) is 12.7. The van der Waals surface area contributed by atoms with Gasteiger partial charge in [-0.1, -0.05) is 437 Å². The van der Waals surface area contributed by atoms with Crippen molar-refractivity contribution in [3.8, 4) is 0 Å². The van der Waals surface area contributed by atoms with E-state index in [0.29, 0.717) is 12.8 Å². The molecule has 86 heavy (non-hydrogen) atoms. The molecule has 1 amide bonds. The van der Waals surface area contributed by atoms with Crippen LogP contribution < -0.4 is 5.32 Å². The van der Waals surface area contributed by atoms with Crippen molar-refractivity contribution in [2.75, 3.05) is 6.61 Å². The molecular formula is C80H159NO5. The summed E-state index contributed by atoms with van der Waals surface area (Å²) < 4.78 is 0. The second kappa shape index (κ2) is 74.8. The molecular weight excluding hydrogens is 1050 g/mol. The third-order valence-corrected chi connectivity index (χ3v) is 19.5. The zero-order chi connectivity index (χ0) is 62.2. The fraction of sp³-hybridized carbons (Fsp3) is 0.963. The van der Waals surface area contributed by atoms with E-state index < -0.39 is 36.9 Å². The topological polar surface area (TPSA) is 110 Å². The predicted octanol–water partition coefficient (Wildman–Crippen LogP) is 25.4. The van der Waals surface area contributed by atoms with Crippen LogP contribution in [0.4, 0.5) is 0 Å². The summed E-state index contributed by atoms with van der Waals surface area (Å²) in [5.74, 6) is -0.582. The summed E-state index contributed by atoms with van der Waals surface area (Å²) in [6.07, 6.45) is 95.5. The molecule has 0 rings (SSSR count). The smallest absolute Gasteiger partial charge is 0.249 e. The van der Waals surface area contributed by atoms with Crippen molar-refractivity contribution in [1.82, 2.24) is 5.32 Å². The Bertz CT molecular complexity index is 1280. The highest BCUT2D eigenvalue weighted by molar-refractivity contribution is 5.80. The largest absolute Gasteiger partial charge is 0.394 e. The molecule has 514 valence electrons. The summed E-state index contributed by atoms with van der Waals surface area (Å²) >= 11 is 0. The Balaban J connectivity index is 3.49. The molecule has 0 aromatic heterocycles. The predicted molar refractivity (Wildman–Crippen MR) is 381 cm³/mol. The number of aliphatic hydroxyl groups is 4.